The average molecular weight is 306 g/mol. The van der Waals surface area contributed by atoms with Crippen molar-refractivity contribution in [1.29, 1.82) is 0 Å². The first-order chi connectivity index (χ1) is 10.1. The van der Waals surface area contributed by atoms with Crippen molar-refractivity contribution in [2.75, 3.05) is 20.8 Å². The smallest absolute Gasteiger partial charge is 0.165 e. The molecular weight excluding hydrogens is 284 g/mol. The first-order valence-corrected chi connectivity index (χ1v) is 7.82. The third kappa shape index (κ3) is 3.19. The fourth-order valence-corrected chi connectivity index (χ4v) is 3.31. The van der Waals surface area contributed by atoms with Crippen LogP contribution in [0.15, 0.2) is 18.2 Å². The molecule has 1 unspecified atom stereocenters. The first kappa shape index (κ1) is 15.8. The van der Waals surface area contributed by atoms with Crippen LogP contribution in [0.1, 0.15) is 34.1 Å². The lowest BCUT2D eigenvalue weighted by Crippen LogP contribution is -2.22. The Labute approximate surface area is 130 Å². The minimum Gasteiger partial charge on any atom is -0.493 e. The predicted octanol–water partition coefficient (Wildman–Crippen LogP) is 3.48. The number of hydrogen-bond donors (Lipinski definition) is 1. The molecule has 0 spiro atoms. The standard InChI is InChI=1S/C16H22N2O2S/c1-6-17-14(16-18-10(2)11(3)21-16)12-8-7-9-13(19-4)15(12)20-5/h7-9,14,17H,6H2,1-5H3. The number of rotatable bonds is 6. The summed E-state index contributed by atoms with van der Waals surface area (Å²) in [5.41, 5.74) is 2.13. The Morgan fingerprint density at radius 3 is 2.52 bits per heavy atom. The van der Waals surface area contributed by atoms with Crippen LogP contribution in [0.5, 0.6) is 11.5 Å². The number of nitrogens with one attached hydrogen (secondary N) is 1. The SMILES string of the molecule is CCNC(c1nc(C)c(C)s1)c1cccc(OC)c1OC. The molecule has 1 atom stereocenters. The molecule has 114 valence electrons. The molecule has 0 saturated carbocycles. The Kier molecular flexibility index (Phi) is 5.20. The van der Waals surface area contributed by atoms with Crippen molar-refractivity contribution in [3.05, 3.63) is 39.3 Å². The van der Waals surface area contributed by atoms with E-state index in [0.29, 0.717) is 0 Å². The van der Waals surface area contributed by atoms with Gasteiger partial charge < -0.3 is 14.8 Å². The summed E-state index contributed by atoms with van der Waals surface area (Å²) < 4.78 is 11.0. The molecule has 0 bridgehead atoms. The van der Waals surface area contributed by atoms with Crippen LogP contribution in [0.25, 0.3) is 0 Å². The van der Waals surface area contributed by atoms with Crippen molar-refractivity contribution in [1.82, 2.24) is 10.3 Å². The van der Waals surface area contributed by atoms with Gasteiger partial charge in [-0.1, -0.05) is 19.1 Å². The third-order valence-corrected chi connectivity index (χ3v) is 4.58. The van der Waals surface area contributed by atoms with Crippen molar-refractivity contribution >= 4 is 11.3 Å². The third-order valence-electron chi connectivity index (χ3n) is 3.44. The van der Waals surface area contributed by atoms with Crippen molar-refractivity contribution < 1.29 is 9.47 Å². The molecule has 1 aromatic carbocycles. The molecule has 0 aliphatic rings. The Bertz CT molecular complexity index is 591. The number of nitrogens with zero attached hydrogens (tertiary/aromatic N) is 1. The summed E-state index contributed by atoms with van der Waals surface area (Å²) in [4.78, 5) is 5.94. The highest BCUT2D eigenvalue weighted by molar-refractivity contribution is 7.11. The largest absolute Gasteiger partial charge is 0.493 e. The first-order valence-electron chi connectivity index (χ1n) is 7.00. The summed E-state index contributed by atoms with van der Waals surface area (Å²) in [7, 11) is 3.32. The van der Waals surface area contributed by atoms with Gasteiger partial charge in [0.1, 0.15) is 5.01 Å². The van der Waals surface area contributed by atoms with Gasteiger partial charge in [-0.05, 0) is 26.5 Å². The zero-order valence-electron chi connectivity index (χ0n) is 13.2. The second-order valence-electron chi connectivity index (χ2n) is 4.77. The van der Waals surface area contributed by atoms with E-state index >= 15 is 0 Å². The Morgan fingerprint density at radius 1 is 1.24 bits per heavy atom. The Hall–Kier alpha value is -1.59. The highest BCUT2D eigenvalue weighted by Crippen LogP contribution is 2.38. The van der Waals surface area contributed by atoms with Crippen LogP contribution in [0, 0.1) is 13.8 Å². The molecule has 0 aliphatic carbocycles. The molecule has 5 heteroatoms. The van der Waals surface area contributed by atoms with E-state index in [1.54, 1.807) is 25.6 Å². The number of aromatic nitrogens is 1. The van der Waals surface area contributed by atoms with E-state index < -0.39 is 0 Å². The Morgan fingerprint density at radius 2 is 2.00 bits per heavy atom. The van der Waals surface area contributed by atoms with E-state index in [0.717, 1.165) is 34.3 Å². The summed E-state index contributed by atoms with van der Waals surface area (Å²) in [5, 5.41) is 4.55. The van der Waals surface area contributed by atoms with Gasteiger partial charge in [-0.3, -0.25) is 0 Å². The van der Waals surface area contributed by atoms with Crippen LogP contribution in [0.2, 0.25) is 0 Å². The topological polar surface area (TPSA) is 43.4 Å². The fourth-order valence-electron chi connectivity index (χ4n) is 2.29. The minimum atomic E-state index is 0.0115. The fraction of sp³-hybridized carbons (Fsp3) is 0.438. The zero-order chi connectivity index (χ0) is 15.4. The summed E-state index contributed by atoms with van der Waals surface area (Å²) in [6.45, 7) is 7.08. The molecule has 2 aromatic rings. The summed E-state index contributed by atoms with van der Waals surface area (Å²) in [5.74, 6) is 1.50. The summed E-state index contributed by atoms with van der Waals surface area (Å²) >= 11 is 1.72. The van der Waals surface area contributed by atoms with Crippen molar-refractivity contribution in [2.45, 2.75) is 26.8 Å². The number of methoxy groups -OCH3 is 2. The Balaban J connectivity index is 2.52. The molecule has 0 aliphatic heterocycles. The van der Waals surface area contributed by atoms with Gasteiger partial charge in [0, 0.05) is 10.4 Å². The van der Waals surface area contributed by atoms with Crippen molar-refractivity contribution in [3.8, 4) is 11.5 Å². The van der Waals surface area contributed by atoms with Gasteiger partial charge in [0.2, 0.25) is 0 Å². The van der Waals surface area contributed by atoms with E-state index in [1.807, 2.05) is 19.1 Å². The summed E-state index contributed by atoms with van der Waals surface area (Å²) in [6, 6.07) is 5.95. The molecule has 0 amide bonds. The second kappa shape index (κ2) is 6.91. The lowest BCUT2D eigenvalue weighted by Gasteiger charge is -2.20. The molecule has 0 radical (unpaired) electrons. The van der Waals surface area contributed by atoms with E-state index in [1.165, 1.54) is 4.88 Å². The van der Waals surface area contributed by atoms with Gasteiger partial charge in [0.25, 0.3) is 0 Å². The van der Waals surface area contributed by atoms with E-state index in [2.05, 4.69) is 25.2 Å². The quantitative estimate of drug-likeness (QED) is 0.887. The summed E-state index contributed by atoms with van der Waals surface area (Å²) in [6.07, 6.45) is 0. The van der Waals surface area contributed by atoms with Crippen molar-refractivity contribution in [3.63, 3.8) is 0 Å². The maximum absolute atomic E-state index is 5.57. The maximum atomic E-state index is 5.57. The molecular formula is C16H22N2O2S. The van der Waals surface area contributed by atoms with Crippen molar-refractivity contribution in [2.24, 2.45) is 0 Å². The van der Waals surface area contributed by atoms with Gasteiger partial charge in [0.05, 0.1) is 26.0 Å². The molecule has 1 heterocycles. The van der Waals surface area contributed by atoms with Gasteiger partial charge in [-0.2, -0.15) is 0 Å². The highest BCUT2D eigenvalue weighted by Gasteiger charge is 2.23. The monoisotopic (exact) mass is 306 g/mol. The van der Waals surface area contributed by atoms with Crippen LogP contribution < -0.4 is 14.8 Å². The number of hydrogen-bond acceptors (Lipinski definition) is 5. The second-order valence-corrected chi connectivity index (χ2v) is 6.00. The number of ether oxygens (including phenoxy) is 2. The number of aryl methyl sites for hydroxylation is 2. The number of benzene rings is 1. The molecule has 21 heavy (non-hydrogen) atoms. The lowest BCUT2D eigenvalue weighted by atomic mass is 10.1. The van der Waals surface area contributed by atoms with E-state index in [4.69, 9.17) is 14.5 Å². The minimum absolute atomic E-state index is 0.0115. The molecule has 2 rings (SSSR count). The molecule has 1 N–H and O–H groups in total. The molecule has 4 nitrogen and oxygen atoms in total. The number of para-hydroxylation sites is 1. The van der Waals surface area contributed by atoms with Crippen LogP contribution in [0.4, 0.5) is 0 Å². The van der Waals surface area contributed by atoms with Crippen LogP contribution in [0.3, 0.4) is 0 Å². The molecule has 1 aromatic heterocycles. The van der Waals surface area contributed by atoms with Gasteiger partial charge in [-0.25, -0.2) is 4.98 Å². The van der Waals surface area contributed by atoms with Gasteiger partial charge in [0.15, 0.2) is 11.5 Å². The van der Waals surface area contributed by atoms with E-state index in [-0.39, 0.29) is 6.04 Å². The highest BCUT2D eigenvalue weighted by atomic mass is 32.1. The zero-order valence-corrected chi connectivity index (χ0v) is 14.0. The maximum Gasteiger partial charge on any atom is 0.165 e. The predicted molar refractivity (Wildman–Crippen MR) is 86.7 cm³/mol. The molecule has 0 fully saturated rings. The van der Waals surface area contributed by atoms with Crippen LogP contribution >= 0.6 is 11.3 Å². The number of thiazole rings is 1. The average Bonchev–Trinajstić information content (AvgIpc) is 2.83. The van der Waals surface area contributed by atoms with Crippen LogP contribution in [-0.4, -0.2) is 25.7 Å². The van der Waals surface area contributed by atoms with Crippen LogP contribution in [-0.2, 0) is 0 Å². The van der Waals surface area contributed by atoms with E-state index in [9.17, 15) is 0 Å². The lowest BCUT2D eigenvalue weighted by molar-refractivity contribution is 0.349. The normalized spacial score (nSPS) is 12.2. The van der Waals surface area contributed by atoms with Gasteiger partial charge >= 0.3 is 0 Å². The van der Waals surface area contributed by atoms with Gasteiger partial charge in [-0.15, -0.1) is 11.3 Å². The molecule has 0 saturated heterocycles.